The Morgan fingerprint density at radius 1 is 1.44 bits per heavy atom. The van der Waals surface area contributed by atoms with Crippen LogP contribution >= 0.6 is 0 Å². The van der Waals surface area contributed by atoms with Crippen LogP contribution in [0.5, 0.6) is 0 Å². The lowest BCUT2D eigenvalue weighted by Gasteiger charge is -2.12. The van der Waals surface area contributed by atoms with E-state index in [0.29, 0.717) is 18.8 Å². The Labute approximate surface area is 105 Å². The van der Waals surface area contributed by atoms with Gasteiger partial charge < -0.3 is 9.52 Å². The molecule has 1 aliphatic heterocycles. The molecular weight excluding hydrogens is 230 g/mol. The quantitative estimate of drug-likeness (QED) is 0.836. The molecule has 4 nitrogen and oxygen atoms in total. The number of nitrogens with zero attached hydrogens (tertiary/aromatic N) is 1. The van der Waals surface area contributed by atoms with E-state index in [0.717, 1.165) is 23.9 Å². The number of hydrogen-bond acceptors (Lipinski definition) is 4. The van der Waals surface area contributed by atoms with Crippen molar-refractivity contribution in [2.75, 3.05) is 19.6 Å². The molecule has 2 aromatic rings. The smallest absolute Gasteiger partial charge is 0.211 e. The van der Waals surface area contributed by atoms with Crippen molar-refractivity contribution in [2.45, 2.75) is 12.5 Å². The number of ketones is 1. The number of benzene rings is 1. The van der Waals surface area contributed by atoms with Gasteiger partial charge in [0.25, 0.3) is 0 Å². The van der Waals surface area contributed by atoms with Crippen molar-refractivity contribution < 1.29 is 14.3 Å². The van der Waals surface area contributed by atoms with Crippen molar-refractivity contribution in [2.24, 2.45) is 0 Å². The molecule has 0 amide bonds. The number of hydrogen-bond donors (Lipinski definition) is 1. The van der Waals surface area contributed by atoms with Gasteiger partial charge in [-0.25, -0.2) is 0 Å². The number of aliphatic hydroxyl groups is 1. The summed E-state index contributed by atoms with van der Waals surface area (Å²) < 4.78 is 5.53. The fourth-order valence-electron chi connectivity index (χ4n) is 2.36. The third kappa shape index (κ3) is 2.17. The third-order valence-corrected chi connectivity index (χ3v) is 3.32. The van der Waals surface area contributed by atoms with Crippen LogP contribution in [-0.4, -0.2) is 41.5 Å². The van der Waals surface area contributed by atoms with Crippen LogP contribution in [-0.2, 0) is 0 Å². The van der Waals surface area contributed by atoms with E-state index in [1.54, 1.807) is 6.07 Å². The second-order valence-electron chi connectivity index (χ2n) is 4.75. The first-order chi connectivity index (χ1) is 8.72. The summed E-state index contributed by atoms with van der Waals surface area (Å²) in [6.45, 7) is 1.66. The molecule has 0 radical (unpaired) electrons. The number of para-hydroxylation sites is 1. The zero-order valence-corrected chi connectivity index (χ0v) is 10.0. The van der Waals surface area contributed by atoms with Crippen LogP contribution in [0.3, 0.4) is 0 Å². The molecule has 1 aliphatic rings. The first kappa shape index (κ1) is 11.4. The van der Waals surface area contributed by atoms with Crippen molar-refractivity contribution in [1.29, 1.82) is 0 Å². The molecule has 1 aromatic carbocycles. The van der Waals surface area contributed by atoms with Crippen molar-refractivity contribution in [3.8, 4) is 0 Å². The van der Waals surface area contributed by atoms with Gasteiger partial charge in [0.05, 0.1) is 12.6 Å². The highest BCUT2D eigenvalue weighted by atomic mass is 16.3. The van der Waals surface area contributed by atoms with Crippen LogP contribution in [0.2, 0.25) is 0 Å². The lowest BCUT2D eigenvalue weighted by Crippen LogP contribution is -2.28. The Kier molecular flexibility index (Phi) is 2.89. The summed E-state index contributed by atoms with van der Waals surface area (Å²) in [6.07, 6.45) is 0.446. The number of β-amino-alcohol motifs (C(OH)–C–C–N with tert-alkyl or cyclic N) is 1. The highest BCUT2D eigenvalue weighted by Gasteiger charge is 2.23. The van der Waals surface area contributed by atoms with Crippen molar-refractivity contribution in [3.63, 3.8) is 0 Å². The molecule has 0 aliphatic carbocycles. The molecule has 1 aromatic heterocycles. The van der Waals surface area contributed by atoms with Crippen LogP contribution in [0, 0.1) is 0 Å². The summed E-state index contributed by atoms with van der Waals surface area (Å²) in [5.74, 6) is 0.373. The number of carbonyl (C=O) groups excluding carboxylic acids is 1. The molecule has 1 fully saturated rings. The molecular formula is C14H15NO3. The largest absolute Gasteiger partial charge is 0.453 e. The van der Waals surface area contributed by atoms with Gasteiger partial charge in [-0.1, -0.05) is 18.2 Å². The highest BCUT2D eigenvalue weighted by Crippen LogP contribution is 2.20. The first-order valence-electron chi connectivity index (χ1n) is 6.14. The Balaban J connectivity index is 1.75. The van der Waals surface area contributed by atoms with Crippen molar-refractivity contribution in [1.82, 2.24) is 4.90 Å². The predicted octanol–water partition coefficient (Wildman–Crippen LogP) is 1.68. The first-order valence-corrected chi connectivity index (χ1v) is 6.14. The topological polar surface area (TPSA) is 53.7 Å². The monoisotopic (exact) mass is 245 g/mol. The lowest BCUT2D eigenvalue weighted by molar-refractivity contribution is 0.0909. The number of Topliss-reactive ketones (excluding diaryl/α,β-unsaturated/α-hetero) is 1. The standard InChI is InChI=1S/C14H15NO3/c16-11-5-6-15(8-11)9-12(17)14-7-10-3-1-2-4-13(10)18-14/h1-4,7,11,16H,5-6,8-9H2. The lowest BCUT2D eigenvalue weighted by atomic mass is 10.2. The van der Waals surface area contributed by atoms with Gasteiger partial charge in [0, 0.05) is 18.5 Å². The zero-order chi connectivity index (χ0) is 12.5. The zero-order valence-electron chi connectivity index (χ0n) is 10.0. The maximum absolute atomic E-state index is 12.1. The minimum Gasteiger partial charge on any atom is -0.453 e. The molecule has 94 valence electrons. The Bertz CT molecular complexity index is 542. The van der Waals surface area contributed by atoms with Gasteiger partial charge in [-0.05, 0) is 18.6 Å². The number of likely N-dealkylation sites (tertiary alicyclic amines) is 1. The number of aliphatic hydroxyl groups excluding tert-OH is 1. The van der Waals surface area contributed by atoms with Crippen molar-refractivity contribution in [3.05, 3.63) is 36.1 Å². The molecule has 4 heteroatoms. The molecule has 2 heterocycles. The number of furan rings is 1. The summed E-state index contributed by atoms with van der Waals surface area (Å²) in [5, 5.41) is 10.4. The van der Waals surface area contributed by atoms with Crippen LogP contribution in [0.1, 0.15) is 17.0 Å². The van der Waals surface area contributed by atoms with Gasteiger partial charge in [-0.15, -0.1) is 0 Å². The maximum Gasteiger partial charge on any atom is 0.211 e. The fourth-order valence-corrected chi connectivity index (χ4v) is 2.36. The van der Waals surface area contributed by atoms with E-state index >= 15 is 0 Å². The average molecular weight is 245 g/mol. The highest BCUT2D eigenvalue weighted by molar-refractivity contribution is 5.98. The maximum atomic E-state index is 12.1. The SMILES string of the molecule is O=C(CN1CCC(O)C1)c1cc2ccccc2o1. The Hall–Kier alpha value is -1.65. The fraction of sp³-hybridized carbons (Fsp3) is 0.357. The molecule has 1 saturated heterocycles. The van der Waals surface area contributed by atoms with Gasteiger partial charge in [-0.3, -0.25) is 9.69 Å². The summed E-state index contributed by atoms with van der Waals surface area (Å²) in [4.78, 5) is 14.0. The number of rotatable bonds is 3. The van der Waals surface area contributed by atoms with Gasteiger partial charge in [0.1, 0.15) is 5.58 Å². The Morgan fingerprint density at radius 3 is 3.00 bits per heavy atom. The van der Waals surface area contributed by atoms with E-state index in [4.69, 9.17) is 4.42 Å². The minimum absolute atomic E-state index is 0.0275. The molecule has 18 heavy (non-hydrogen) atoms. The molecule has 0 saturated carbocycles. The molecule has 3 rings (SSSR count). The van der Waals surface area contributed by atoms with Crippen LogP contribution in [0.15, 0.2) is 34.7 Å². The number of fused-ring (bicyclic) bond motifs is 1. The van der Waals surface area contributed by atoms with Crippen LogP contribution in [0.4, 0.5) is 0 Å². The third-order valence-electron chi connectivity index (χ3n) is 3.32. The van der Waals surface area contributed by atoms with Gasteiger partial charge in [0.2, 0.25) is 5.78 Å². The average Bonchev–Trinajstić information content (AvgIpc) is 2.95. The molecule has 0 bridgehead atoms. The second-order valence-corrected chi connectivity index (χ2v) is 4.75. The normalized spacial score (nSPS) is 20.6. The van der Waals surface area contributed by atoms with Gasteiger partial charge >= 0.3 is 0 Å². The molecule has 1 atom stereocenters. The van der Waals surface area contributed by atoms with E-state index in [2.05, 4.69) is 0 Å². The predicted molar refractivity (Wildman–Crippen MR) is 67.6 cm³/mol. The van der Waals surface area contributed by atoms with E-state index < -0.39 is 0 Å². The summed E-state index contributed by atoms with van der Waals surface area (Å²) in [7, 11) is 0. The second kappa shape index (κ2) is 4.55. The summed E-state index contributed by atoms with van der Waals surface area (Å²) in [6, 6.07) is 9.37. The number of carbonyl (C=O) groups is 1. The Morgan fingerprint density at radius 2 is 2.28 bits per heavy atom. The van der Waals surface area contributed by atoms with Gasteiger partial charge in [0.15, 0.2) is 5.76 Å². The van der Waals surface area contributed by atoms with Gasteiger partial charge in [-0.2, -0.15) is 0 Å². The van der Waals surface area contributed by atoms with E-state index in [1.807, 2.05) is 29.2 Å². The van der Waals surface area contributed by atoms with Crippen LogP contribution < -0.4 is 0 Å². The van der Waals surface area contributed by atoms with Crippen molar-refractivity contribution >= 4 is 16.8 Å². The van der Waals surface area contributed by atoms with E-state index in [9.17, 15) is 9.90 Å². The van der Waals surface area contributed by atoms with Crippen LogP contribution in [0.25, 0.3) is 11.0 Å². The van der Waals surface area contributed by atoms with E-state index in [1.165, 1.54) is 0 Å². The summed E-state index contributed by atoms with van der Waals surface area (Å²) >= 11 is 0. The summed E-state index contributed by atoms with van der Waals surface area (Å²) in [5.41, 5.74) is 0.738. The molecule has 1 N–H and O–H groups in total. The molecule has 0 spiro atoms. The van der Waals surface area contributed by atoms with E-state index in [-0.39, 0.29) is 11.9 Å². The minimum atomic E-state index is -0.298. The molecule has 1 unspecified atom stereocenters.